The zero-order valence-corrected chi connectivity index (χ0v) is 37.3. The smallest absolute Gasteiger partial charge is 0.478 e. The maximum absolute atomic E-state index is 14.0. The molecule has 0 aromatic heterocycles. The molecular weight excluding hydrogens is 1370 g/mol. The normalized spacial score (nSPS) is 21.7. The van der Waals surface area contributed by atoms with Crippen LogP contribution in [0, 0.1) is 0 Å². The predicted molar refractivity (Wildman–Crippen MR) is 153 cm³/mol. The van der Waals surface area contributed by atoms with Gasteiger partial charge in [-0.3, -0.25) is 0 Å². The van der Waals surface area contributed by atoms with Gasteiger partial charge in [0.25, 0.3) is 0 Å². The standard InChI is InChI=1S/2C12H4BF24O4.Mg/c2*14-1(15)5(22,9(26,27)28)38-13(39-6(23,2(16)17)10(29,30)31,40-7(24,3(18)19)11(32,33)34)41-8(25,4(20)21)12(35,36)37;/h2*1-4H;/q2*-1;+2. The van der Waals surface area contributed by atoms with Crippen molar-refractivity contribution in [2.24, 2.45) is 0 Å². The van der Waals surface area contributed by atoms with Crippen LogP contribution in [-0.2, 0) is 37.2 Å². The summed E-state index contributed by atoms with van der Waals surface area (Å²) in [5.41, 5.74) is 0. The molecule has 0 saturated heterocycles. The van der Waals surface area contributed by atoms with E-state index < -0.39 is 162 Å². The van der Waals surface area contributed by atoms with Crippen LogP contribution < -0.4 is 0 Å². The zero-order valence-electron chi connectivity index (χ0n) is 35.9. The average molecular weight is 1380 g/mol. The molecule has 0 aliphatic carbocycles. The third-order valence-corrected chi connectivity index (χ3v) is 7.86. The Kier molecular flexibility index (Phi) is 26.2. The van der Waals surface area contributed by atoms with E-state index in [2.05, 4.69) is 0 Å². The third-order valence-electron chi connectivity index (χ3n) is 7.86. The van der Waals surface area contributed by atoms with Crippen LogP contribution in [0.5, 0.6) is 0 Å². The summed E-state index contributed by atoms with van der Waals surface area (Å²) in [4.78, 5) is 0. The molecule has 59 heteroatoms. The van der Waals surface area contributed by atoms with Gasteiger partial charge in [-0.15, -0.1) is 0 Å². The second-order valence-electron chi connectivity index (χ2n) is 13.6. The summed E-state index contributed by atoms with van der Waals surface area (Å²) >= 11 is 0. The molecule has 0 aliphatic heterocycles. The largest absolute Gasteiger partial charge is 2.00 e. The van der Waals surface area contributed by atoms with Gasteiger partial charge in [0.1, 0.15) is 0 Å². The fraction of sp³-hybridized carbons (Fsp3) is 1.00. The van der Waals surface area contributed by atoms with Gasteiger partial charge in [-0.2, -0.15) is 140 Å². The van der Waals surface area contributed by atoms with Gasteiger partial charge in [0.05, 0.1) is 0 Å². The molecule has 0 aromatic rings. The van der Waals surface area contributed by atoms with Crippen molar-refractivity contribution in [1.29, 1.82) is 0 Å². The molecule has 0 amide bonds. The maximum atomic E-state index is 14.0. The van der Waals surface area contributed by atoms with E-state index in [4.69, 9.17) is 0 Å². The van der Waals surface area contributed by atoms with Gasteiger partial charge in [0.15, 0.2) is 0 Å². The minimum atomic E-state index is -9.11. The summed E-state index contributed by atoms with van der Waals surface area (Å²) < 4.78 is 640. The van der Waals surface area contributed by atoms with E-state index in [1.807, 2.05) is 37.2 Å². The van der Waals surface area contributed by atoms with Crippen molar-refractivity contribution < 1.29 is 248 Å². The van der Waals surface area contributed by atoms with Crippen molar-refractivity contribution in [2.75, 3.05) is 0 Å². The second-order valence-corrected chi connectivity index (χ2v) is 13.6. The van der Waals surface area contributed by atoms with E-state index >= 15 is 0 Å². The molecule has 0 fully saturated rings. The molecule has 0 aliphatic rings. The molecule has 0 bridgehead atoms. The molecule has 0 aromatic carbocycles. The van der Waals surface area contributed by atoms with Gasteiger partial charge in [-0.05, 0) is 0 Å². The number of halogens is 48. The number of hydrogen-bond acceptors (Lipinski definition) is 8. The van der Waals surface area contributed by atoms with E-state index in [0.717, 1.165) is 0 Å². The van der Waals surface area contributed by atoms with E-state index in [9.17, 15) is 211 Å². The van der Waals surface area contributed by atoms with Crippen LogP contribution in [0.25, 0.3) is 0 Å². The maximum Gasteiger partial charge on any atom is 2.00 e. The van der Waals surface area contributed by atoms with E-state index in [1.54, 1.807) is 0 Å². The molecule has 0 spiro atoms. The van der Waals surface area contributed by atoms with Crippen molar-refractivity contribution in [3.05, 3.63) is 0 Å². The summed E-state index contributed by atoms with van der Waals surface area (Å²) in [6, 6.07) is 0. The first kappa shape index (κ1) is 84.4. The van der Waals surface area contributed by atoms with Crippen LogP contribution in [0.2, 0.25) is 0 Å². The van der Waals surface area contributed by atoms with Crippen LogP contribution >= 0.6 is 0 Å². The van der Waals surface area contributed by atoms with Gasteiger partial charge in [-0.25, -0.2) is 70.2 Å². The molecule has 496 valence electrons. The van der Waals surface area contributed by atoms with Crippen molar-refractivity contribution in [1.82, 2.24) is 0 Å². The summed E-state index contributed by atoms with van der Waals surface area (Å²) in [6.07, 6.45) is -115. The SMILES string of the molecule is FC(F)C(F)(O[B-](OC(F)(C(F)F)C(F)(F)F)(OC(F)(C(F)F)C(F)(F)F)OC(F)(C(F)F)C(F)(F)F)C(F)(F)F.FC(F)C(F)(O[B-](OC(F)(C(F)F)C(F)(F)F)(OC(F)(C(F)F)C(F)(F)F)OC(F)(C(F)F)C(F)(F)F)C(F)(F)F.[Mg+2]. The summed E-state index contributed by atoms with van der Waals surface area (Å²) in [5, 5.41) is 0. The number of alkyl halides is 48. The molecule has 0 heterocycles. The first-order valence-electron chi connectivity index (χ1n) is 17.4. The van der Waals surface area contributed by atoms with Gasteiger partial charge in [-0.1, -0.05) is 0 Å². The van der Waals surface area contributed by atoms with Gasteiger partial charge in [0, 0.05) is 0 Å². The Labute approximate surface area is 433 Å². The second kappa shape index (κ2) is 25.7. The zero-order chi connectivity index (χ0) is 67.3. The van der Waals surface area contributed by atoms with Crippen LogP contribution in [0.4, 0.5) is 211 Å². The van der Waals surface area contributed by atoms with Crippen molar-refractivity contribution >= 4 is 37.0 Å². The summed E-state index contributed by atoms with van der Waals surface area (Å²) in [6.45, 7) is -18.2. The summed E-state index contributed by atoms with van der Waals surface area (Å²) in [5.74, 6) is -62.4. The fourth-order valence-corrected chi connectivity index (χ4v) is 3.90. The first-order valence-corrected chi connectivity index (χ1v) is 17.4. The Balaban J connectivity index is -0.00000152. The molecule has 8 unspecified atom stereocenters. The van der Waals surface area contributed by atoms with Crippen molar-refractivity contribution in [2.45, 2.75) is 148 Å². The third kappa shape index (κ3) is 17.3. The average Bonchev–Trinajstić information content (AvgIpc) is 3.19. The van der Waals surface area contributed by atoms with E-state index in [1.165, 1.54) is 0 Å². The first-order chi connectivity index (χ1) is 35.2. The quantitative estimate of drug-likeness (QED) is 0.0699. The molecule has 0 saturated carbocycles. The van der Waals surface area contributed by atoms with Crippen LogP contribution in [0.15, 0.2) is 0 Å². The minimum absolute atomic E-state index is 0. The Hall–Kier alpha value is -2.78. The van der Waals surface area contributed by atoms with Crippen molar-refractivity contribution in [3.8, 4) is 0 Å². The number of rotatable bonds is 24. The van der Waals surface area contributed by atoms with Crippen LogP contribution in [0.1, 0.15) is 0 Å². The van der Waals surface area contributed by atoms with Gasteiger partial charge in [0.2, 0.25) is 0 Å². The monoisotopic (exact) mass is 1380 g/mol. The Morgan fingerprint density at radius 2 is 0.217 bits per heavy atom. The van der Waals surface area contributed by atoms with Crippen LogP contribution in [0.3, 0.4) is 0 Å². The molecule has 8 nitrogen and oxygen atoms in total. The Morgan fingerprint density at radius 1 is 0.157 bits per heavy atom. The molecule has 83 heavy (non-hydrogen) atoms. The predicted octanol–water partition coefficient (Wildman–Crippen LogP) is 14.5. The van der Waals surface area contributed by atoms with E-state index in [-0.39, 0.29) is 23.1 Å². The van der Waals surface area contributed by atoms with E-state index in [0.29, 0.717) is 0 Å². The fourth-order valence-electron chi connectivity index (χ4n) is 3.90. The number of hydrogen-bond donors (Lipinski definition) is 0. The molecular formula is C24H8B2F48MgO8. The molecule has 0 N–H and O–H groups in total. The molecule has 0 rings (SSSR count). The Bertz CT molecular complexity index is 1600. The molecule has 0 radical (unpaired) electrons. The van der Waals surface area contributed by atoms with Gasteiger partial charge < -0.3 is 37.2 Å². The molecule has 8 atom stereocenters. The summed E-state index contributed by atoms with van der Waals surface area (Å²) in [7, 11) is 0. The topological polar surface area (TPSA) is 73.8 Å². The van der Waals surface area contributed by atoms with Gasteiger partial charge >= 0.3 is 185 Å². The Morgan fingerprint density at radius 3 is 0.253 bits per heavy atom. The van der Waals surface area contributed by atoms with Crippen LogP contribution in [-0.4, -0.2) is 185 Å². The minimum Gasteiger partial charge on any atom is -0.478 e. The van der Waals surface area contributed by atoms with Crippen molar-refractivity contribution in [3.63, 3.8) is 0 Å².